The Hall–Kier alpha value is -2.41. The van der Waals surface area contributed by atoms with E-state index in [1.165, 1.54) is 6.08 Å². The molecule has 0 bridgehead atoms. The van der Waals surface area contributed by atoms with Crippen molar-refractivity contribution < 1.29 is 49.6 Å². The SMILES string of the molecule is C[C@@H]1CCC/C=C/C=C/[C@H](O)C[C@@H](O)C/C=C\C=C\[C@@H](O[C@H]2O[C@@H](CO)[C@H](O)[C@@H](O)[C@@H]2O)C/C=C/C=C\C(=O)O1. The third-order valence-corrected chi connectivity index (χ3v) is 6.38. The molecule has 9 atom stereocenters. The summed E-state index contributed by atoms with van der Waals surface area (Å²) in [5.41, 5.74) is 0. The quantitative estimate of drug-likeness (QED) is 0.277. The van der Waals surface area contributed by atoms with Gasteiger partial charge in [0.05, 0.1) is 31.0 Å². The zero-order valence-corrected chi connectivity index (χ0v) is 22.9. The van der Waals surface area contributed by atoms with Gasteiger partial charge in [0.25, 0.3) is 0 Å². The van der Waals surface area contributed by atoms with E-state index in [9.17, 15) is 35.4 Å². The first kappa shape index (κ1) is 33.8. The first-order valence-electron chi connectivity index (χ1n) is 13.7. The maximum atomic E-state index is 12.1. The highest BCUT2D eigenvalue weighted by molar-refractivity contribution is 5.82. The van der Waals surface area contributed by atoms with Gasteiger partial charge < -0.3 is 44.8 Å². The molecule has 0 aliphatic carbocycles. The van der Waals surface area contributed by atoms with E-state index in [4.69, 9.17) is 14.2 Å². The molecule has 0 saturated carbocycles. The number of esters is 1. The number of ether oxygens (including phenoxy) is 3. The monoisotopic (exact) mass is 564 g/mol. The molecule has 1 saturated heterocycles. The van der Waals surface area contributed by atoms with Crippen molar-refractivity contribution in [1.29, 1.82) is 0 Å². The Morgan fingerprint density at radius 1 is 0.875 bits per heavy atom. The van der Waals surface area contributed by atoms with Crippen molar-refractivity contribution in [2.75, 3.05) is 6.61 Å². The van der Waals surface area contributed by atoms with Gasteiger partial charge in [0.1, 0.15) is 24.4 Å². The van der Waals surface area contributed by atoms with E-state index in [1.54, 1.807) is 54.7 Å². The van der Waals surface area contributed by atoms with Gasteiger partial charge in [0.2, 0.25) is 0 Å². The highest BCUT2D eigenvalue weighted by Crippen LogP contribution is 2.24. The second-order valence-electron chi connectivity index (χ2n) is 9.89. The van der Waals surface area contributed by atoms with Gasteiger partial charge in [-0.2, -0.15) is 0 Å². The molecule has 40 heavy (non-hydrogen) atoms. The molecule has 6 N–H and O–H groups in total. The van der Waals surface area contributed by atoms with E-state index >= 15 is 0 Å². The molecular weight excluding hydrogens is 520 g/mol. The van der Waals surface area contributed by atoms with Crippen LogP contribution in [0, 0.1) is 0 Å². The van der Waals surface area contributed by atoms with Gasteiger partial charge in [0.15, 0.2) is 6.29 Å². The maximum Gasteiger partial charge on any atom is 0.331 e. The van der Waals surface area contributed by atoms with Crippen LogP contribution < -0.4 is 0 Å². The summed E-state index contributed by atoms with van der Waals surface area (Å²) in [4.78, 5) is 12.1. The molecule has 0 unspecified atom stereocenters. The van der Waals surface area contributed by atoms with Crippen LogP contribution in [0.25, 0.3) is 0 Å². The van der Waals surface area contributed by atoms with Crippen LogP contribution in [0.2, 0.25) is 0 Å². The lowest BCUT2D eigenvalue weighted by Crippen LogP contribution is -2.59. The summed E-state index contributed by atoms with van der Waals surface area (Å²) >= 11 is 0. The second kappa shape index (κ2) is 18.8. The molecule has 224 valence electrons. The number of aliphatic hydroxyl groups is 6. The fourth-order valence-electron chi connectivity index (χ4n) is 4.10. The average Bonchev–Trinajstić information content (AvgIpc) is 2.91. The van der Waals surface area contributed by atoms with Crippen molar-refractivity contribution in [3.8, 4) is 0 Å². The van der Waals surface area contributed by atoms with Gasteiger partial charge in [-0.25, -0.2) is 4.79 Å². The molecule has 0 aromatic rings. The summed E-state index contributed by atoms with van der Waals surface area (Å²) in [6, 6.07) is 0. The standard InChI is InChI=1S/C30H44O10/c1-21-13-7-3-2-4-8-14-22(32)19-23(33)15-9-5-10-16-24(17-11-6-12-18-26(34)38-21)39-30-29(37)28(36)27(35)25(20-31)40-30/h2,4-6,8-12,14,16,18,21-25,27-33,35-37H,3,7,13,15,17,19-20H2,1H3/b4-2+,9-5-,11-6+,14-8+,16-10+,18-12-/t21-,22+,23+,24-,25+,27+,28-,29+,30+/m1/s1. The number of aliphatic hydroxyl groups excluding tert-OH is 6. The first-order chi connectivity index (χ1) is 19.2. The summed E-state index contributed by atoms with van der Waals surface area (Å²) < 4.78 is 16.7. The molecule has 2 aliphatic heterocycles. The van der Waals surface area contributed by atoms with Crippen molar-refractivity contribution in [3.63, 3.8) is 0 Å². The van der Waals surface area contributed by atoms with Gasteiger partial charge in [-0.1, -0.05) is 66.8 Å². The van der Waals surface area contributed by atoms with Crippen LogP contribution in [0.4, 0.5) is 0 Å². The van der Waals surface area contributed by atoms with E-state index < -0.39 is 61.6 Å². The molecule has 2 rings (SSSR count). The zero-order valence-electron chi connectivity index (χ0n) is 22.9. The highest BCUT2D eigenvalue weighted by Gasteiger charge is 2.44. The molecule has 0 aromatic heterocycles. The molecule has 10 heteroatoms. The third-order valence-electron chi connectivity index (χ3n) is 6.38. The van der Waals surface area contributed by atoms with Crippen LogP contribution >= 0.6 is 0 Å². The van der Waals surface area contributed by atoms with Crippen LogP contribution in [0.5, 0.6) is 0 Å². The lowest BCUT2D eigenvalue weighted by molar-refractivity contribution is -0.307. The Bertz CT molecular complexity index is 906. The topological polar surface area (TPSA) is 166 Å². The summed E-state index contributed by atoms with van der Waals surface area (Å²) in [7, 11) is 0. The second-order valence-corrected chi connectivity index (χ2v) is 9.89. The van der Waals surface area contributed by atoms with Crippen molar-refractivity contribution in [3.05, 3.63) is 72.9 Å². The van der Waals surface area contributed by atoms with Gasteiger partial charge in [0, 0.05) is 12.5 Å². The predicted molar refractivity (Wildman–Crippen MR) is 149 cm³/mol. The summed E-state index contributed by atoms with van der Waals surface area (Å²) in [5, 5.41) is 60.2. The Morgan fingerprint density at radius 3 is 2.35 bits per heavy atom. The van der Waals surface area contributed by atoms with Gasteiger partial charge in [-0.3, -0.25) is 0 Å². The Kier molecular flexibility index (Phi) is 15.9. The zero-order chi connectivity index (χ0) is 29.3. The van der Waals surface area contributed by atoms with E-state index in [0.29, 0.717) is 19.3 Å². The number of carbonyl (C=O) groups excluding carboxylic acids is 1. The predicted octanol–water partition coefficient (Wildman–Crippen LogP) is 1.52. The van der Waals surface area contributed by atoms with Crippen LogP contribution in [0.3, 0.4) is 0 Å². The van der Waals surface area contributed by atoms with Crippen molar-refractivity contribution in [1.82, 2.24) is 0 Å². The largest absolute Gasteiger partial charge is 0.460 e. The highest BCUT2D eigenvalue weighted by atomic mass is 16.7. The van der Waals surface area contributed by atoms with E-state index in [-0.39, 0.29) is 12.5 Å². The molecule has 2 heterocycles. The minimum atomic E-state index is -1.57. The average molecular weight is 565 g/mol. The molecule has 2 aliphatic rings. The van der Waals surface area contributed by atoms with E-state index in [1.807, 2.05) is 19.1 Å². The molecule has 0 aromatic carbocycles. The molecule has 0 radical (unpaired) electrons. The summed E-state index contributed by atoms with van der Waals surface area (Å²) in [6.07, 6.45) is 13.9. The van der Waals surface area contributed by atoms with Crippen LogP contribution in [0.15, 0.2) is 72.9 Å². The third kappa shape index (κ3) is 12.8. The molecule has 0 spiro atoms. The number of hydrogen-bond donors (Lipinski definition) is 6. The molecular formula is C30H44O10. The molecule has 1 fully saturated rings. The van der Waals surface area contributed by atoms with Gasteiger partial charge in [-0.15, -0.1) is 0 Å². The first-order valence-corrected chi connectivity index (χ1v) is 13.7. The Labute approximate surface area is 235 Å². The van der Waals surface area contributed by atoms with Gasteiger partial charge >= 0.3 is 5.97 Å². The van der Waals surface area contributed by atoms with Crippen molar-refractivity contribution in [2.45, 2.75) is 101 Å². The lowest BCUT2D eigenvalue weighted by atomic mass is 9.99. The minimum absolute atomic E-state index is 0.183. The number of rotatable bonds is 3. The summed E-state index contributed by atoms with van der Waals surface area (Å²) in [5.74, 6) is -0.458. The van der Waals surface area contributed by atoms with Crippen LogP contribution in [-0.4, -0.2) is 98.3 Å². The smallest absolute Gasteiger partial charge is 0.331 e. The molecule has 10 nitrogen and oxygen atoms in total. The van der Waals surface area contributed by atoms with Gasteiger partial charge in [-0.05, 0) is 39.0 Å². The lowest BCUT2D eigenvalue weighted by Gasteiger charge is -2.40. The van der Waals surface area contributed by atoms with Crippen LogP contribution in [-0.2, 0) is 19.0 Å². The maximum absolute atomic E-state index is 12.1. The van der Waals surface area contributed by atoms with E-state index in [0.717, 1.165) is 12.8 Å². The number of hydrogen-bond acceptors (Lipinski definition) is 10. The Balaban J connectivity index is 2.12. The minimum Gasteiger partial charge on any atom is -0.460 e. The van der Waals surface area contributed by atoms with Crippen molar-refractivity contribution >= 4 is 5.97 Å². The van der Waals surface area contributed by atoms with Crippen molar-refractivity contribution in [2.24, 2.45) is 0 Å². The fourth-order valence-corrected chi connectivity index (χ4v) is 4.10. The number of cyclic esters (lactones) is 1. The number of allylic oxidation sites excluding steroid dienone is 7. The fraction of sp³-hybridized carbons (Fsp3) is 0.567. The molecule has 0 amide bonds. The normalized spacial score (nSPS) is 40.6. The Morgan fingerprint density at radius 2 is 1.57 bits per heavy atom. The van der Waals surface area contributed by atoms with Crippen LogP contribution in [0.1, 0.15) is 45.4 Å². The van der Waals surface area contributed by atoms with E-state index in [2.05, 4.69) is 0 Å². The number of carbonyl (C=O) groups is 1. The summed E-state index contributed by atoms with van der Waals surface area (Å²) in [6.45, 7) is 1.26.